The van der Waals surface area contributed by atoms with Gasteiger partial charge in [-0.3, -0.25) is 61.5 Å². The molecule has 628 valence electrons. The number of nitrogen functional groups attached to an aromatic ring is 2. The van der Waals surface area contributed by atoms with Crippen LogP contribution in [0.2, 0.25) is 0 Å². The van der Waals surface area contributed by atoms with E-state index in [0.717, 1.165) is 24.3 Å². The number of fused-ring (bicyclic) bond motifs is 4. The van der Waals surface area contributed by atoms with E-state index in [1.807, 2.05) is 62.3 Å². The molecular weight excluding hydrogens is 1500 g/mol. The Morgan fingerprint density at radius 1 is 0.389 bits per heavy atom. The molecule has 6 saturated heterocycles. The van der Waals surface area contributed by atoms with Crippen molar-refractivity contribution in [1.29, 1.82) is 0 Å². The van der Waals surface area contributed by atoms with Gasteiger partial charge >= 0.3 is 34.5 Å². The van der Waals surface area contributed by atoms with Gasteiger partial charge in [0.25, 0.3) is 22.2 Å². The molecule has 0 amide bonds. The Balaban J connectivity index is 0.000000170. The van der Waals surface area contributed by atoms with Crippen molar-refractivity contribution < 1.29 is 74.8 Å². The SMILES string of the molecule is CCC1(CC)O[C@@H](n2ccc(=O)[nH]c2=O)[C@H](F)[C@@H]1C.CCC1(CC)O[C@@H](n2ccc(=O)[nH]c2=O)[C@H](F)[C@@H]1C.CCC1(CC)O[C@@H](n2ccc(N)nc2=O)[C@H](F)[C@@H]1C.CC[C@]1(CO)O[C@@H](n2ccc(=O)[nH]c2=O)[C@H](F)[C@@H]1C.CC[C@]1(CO)O[C@@H](n2ccc(N)nc2=O)[C@H](F)[C@@H]1O.CC[C@]12COc3nc(=O)ccn3[C@H](O1)[C@H](F)[C@@H]2C. The molecule has 0 spiro atoms. The van der Waals surface area contributed by atoms with Crippen molar-refractivity contribution in [3.63, 3.8) is 0 Å². The minimum atomic E-state index is -1.84. The smallest absolute Gasteiger partial charge is 0.351 e. The van der Waals surface area contributed by atoms with Crippen LogP contribution in [-0.4, -0.2) is 169 Å². The number of halogens is 6. The first kappa shape index (κ1) is 89.8. The van der Waals surface area contributed by atoms with Crippen molar-refractivity contribution in [3.05, 3.63) is 167 Å². The molecule has 0 unspecified atom stereocenters. The Hall–Kier alpha value is -8.70. The number of aliphatic hydroxyl groups excluding tert-OH is 3. The fraction of sp³-hybridized carbons (Fsp3) is 0.676. The fourth-order valence-electron chi connectivity index (χ4n) is 15.9. The van der Waals surface area contributed by atoms with Crippen molar-refractivity contribution in [2.24, 2.45) is 29.6 Å². The molecule has 21 atom stereocenters. The number of aliphatic hydroxyl groups is 3. The van der Waals surface area contributed by atoms with E-state index in [-0.39, 0.29) is 61.0 Å². The van der Waals surface area contributed by atoms with E-state index in [1.165, 1.54) is 76.6 Å². The van der Waals surface area contributed by atoms with Gasteiger partial charge in [-0.2, -0.15) is 15.0 Å². The minimum absolute atomic E-state index is 0.0131. The van der Waals surface area contributed by atoms with Gasteiger partial charge < -0.3 is 59.9 Å². The van der Waals surface area contributed by atoms with Crippen LogP contribution in [0.15, 0.2) is 117 Å². The molecule has 33 nitrogen and oxygen atoms in total. The second-order valence-corrected chi connectivity index (χ2v) is 29.4. The summed E-state index contributed by atoms with van der Waals surface area (Å²) >= 11 is 0. The lowest BCUT2D eigenvalue weighted by atomic mass is 9.83. The van der Waals surface area contributed by atoms with Crippen LogP contribution in [0.25, 0.3) is 0 Å². The monoisotopic (exact) mass is 1610 g/mol. The molecule has 13 rings (SSSR count). The largest absolute Gasteiger partial charge is 0.461 e. The summed E-state index contributed by atoms with van der Waals surface area (Å²) in [6.07, 6.45) is -2.42. The number of rotatable bonds is 16. The van der Waals surface area contributed by atoms with E-state index in [9.17, 15) is 84.8 Å². The van der Waals surface area contributed by atoms with Crippen LogP contribution in [-0.2, 0) is 28.4 Å². The maximum absolute atomic E-state index is 14.5. The van der Waals surface area contributed by atoms with Gasteiger partial charge in [0.1, 0.15) is 35.5 Å². The second kappa shape index (κ2) is 36.4. The van der Waals surface area contributed by atoms with Gasteiger partial charge in [-0.25, -0.2) is 50.3 Å². The number of aromatic amines is 3. The third-order valence-corrected chi connectivity index (χ3v) is 24.2. The molecule has 10 N–H and O–H groups in total. The Kier molecular flexibility index (Phi) is 29.0. The van der Waals surface area contributed by atoms with Gasteiger partial charge in [0.15, 0.2) is 74.4 Å². The molecule has 0 aliphatic carbocycles. The summed E-state index contributed by atoms with van der Waals surface area (Å²) in [5.41, 5.74) is 0.785. The number of nitrogens with two attached hydrogens (primary N) is 2. The normalized spacial score (nSPS) is 32.6. The average molecular weight is 1610 g/mol. The lowest BCUT2D eigenvalue weighted by Gasteiger charge is -2.30. The standard InChI is InChI=1S/C13H20FN3O2.2C13H19FN2O3.C12H17FN2O4.C12H15FN2O3.C11H16FN3O4/c1-4-13(5-2)8(3)10(14)11(19-13)17-7-6-9(15)16-12(17)18;2*1-4-13(5-2)8(3)10(14)11(19-13)16-7-6-9(17)15-12(16)18;1-3-12(6-16)7(2)9(13)10(19-12)15-5-4-8(17)14-11(15)18;1-3-12-6-17-11-14-8(16)4-5-15(11)10(18-12)9(13)7(12)2;1-2-11(5-16)8(17)7(12)9(19-11)15-4-3-6(13)14-10(15)18/h6-8,10-11H,4-5H2,1-3H3,(H2,15,16,18);2*6-8,10-11H,4-5H2,1-3H3,(H,15,17,18);4-5,7,9-10,16H,3,6H2,1-2H3,(H,14,17,18);4-5,7,9-10H,3,6H2,1-2H3;3-4,7-9,16-17H,2,5H2,1H3,(H2,13,14,18)/t3*8-,10+,11+;2*7-,9+,10+,12+;7-,8+,9-,11-/m000001/s1. The molecular formula is C74H106F6N14O19. The third kappa shape index (κ3) is 17.5. The maximum atomic E-state index is 14.5. The van der Waals surface area contributed by atoms with Gasteiger partial charge in [-0.15, -0.1) is 0 Å². The highest BCUT2D eigenvalue weighted by molar-refractivity contribution is 5.25. The number of hydrogen-bond acceptors (Lipinski definition) is 24. The number of H-pyrrole nitrogens is 3. The molecule has 6 aromatic rings. The Morgan fingerprint density at radius 2 is 0.681 bits per heavy atom. The zero-order chi connectivity index (χ0) is 83.9. The molecule has 7 aliphatic rings. The zero-order valence-corrected chi connectivity index (χ0v) is 65.6. The van der Waals surface area contributed by atoms with Crippen molar-refractivity contribution in [3.8, 4) is 6.01 Å². The molecule has 7 aliphatic heterocycles. The number of ether oxygens (including phenoxy) is 7. The van der Waals surface area contributed by atoms with Gasteiger partial charge in [-0.05, 0) is 69.9 Å². The van der Waals surface area contributed by atoms with Crippen LogP contribution < -0.4 is 66.9 Å². The topological polar surface area (TPSA) is 447 Å². The average Bonchev–Trinajstić information content (AvgIpc) is 1.58. The lowest BCUT2D eigenvalue weighted by Crippen LogP contribution is -2.44. The Bertz CT molecular complexity index is 4430. The van der Waals surface area contributed by atoms with E-state index >= 15 is 0 Å². The summed E-state index contributed by atoms with van der Waals surface area (Å²) in [5.74, 6) is -1.53. The molecule has 0 saturated carbocycles. The van der Waals surface area contributed by atoms with Crippen molar-refractivity contribution in [2.45, 2.75) is 269 Å². The maximum Gasteiger partial charge on any atom is 0.351 e. The van der Waals surface area contributed by atoms with Gasteiger partial charge in [-0.1, -0.05) is 96.9 Å². The highest BCUT2D eigenvalue weighted by atomic mass is 19.2. The molecule has 13 heterocycles. The van der Waals surface area contributed by atoms with E-state index in [1.54, 1.807) is 34.6 Å². The van der Waals surface area contributed by atoms with E-state index in [2.05, 4.69) is 29.9 Å². The number of alkyl halides is 6. The Morgan fingerprint density at radius 3 is 0.982 bits per heavy atom. The molecule has 6 aromatic heterocycles. The van der Waals surface area contributed by atoms with Crippen LogP contribution >= 0.6 is 0 Å². The molecule has 6 fully saturated rings. The number of nitrogens with zero attached hydrogens (tertiary/aromatic N) is 9. The van der Waals surface area contributed by atoms with Crippen LogP contribution in [0, 0.1) is 29.6 Å². The summed E-state index contributed by atoms with van der Waals surface area (Å²) in [6, 6.07) is 7.74. The summed E-state index contributed by atoms with van der Waals surface area (Å²) in [6.45, 7) is 25.4. The van der Waals surface area contributed by atoms with Crippen LogP contribution in [0.5, 0.6) is 6.01 Å². The predicted molar refractivity (Wildman–Crippen MR) is 399 cm³/mol. The third-order valence-electron chi connectivity index (χ3n) is 24.2. The van der Waals surface area contributed by atoms with Crippen molar-refractivity contribution in [2.75, 3.05) is 31.3 Å². The van der Waals surface area contributed by atoms with Gasteiger partial charge in [0.05, 0.1) is 35.6 Å². The predicted octanol–water partition coefficient (Wildman–Crippen LogP) is 5.75. The van der Waals surface area contributed by atoms with E-state index < -0.39 is 177 Å². The van der Waals surface area contributed by atoms with Crippen molar-refractivity contribution >= 4 is 11.6 Å². The minimum Gasteiger partial charge on any atom is -0.461 e. The fourth-order valence-corrected chi connectivity index (χ4v) is 15.9. The lowest BCUT2D eigenvalue weighted by molar-refractivity contribution is -0.130. The molecule has 2 bridgehead atoms. The summed E-state index contributed by atoms with van der Waals surface area (Å²) in [5, 5.41) is 28.6. The Labute approximate surface area is 644 Å². The van der Waals surface area contributed by atoms with E-state index in [4.69, 9.17) is 44.6 Å². The summed E-state index contributed by atoms with van der Waals surface area (Å²) in [4.78, 5) is 120. The molecule has 0 aromatic carbocycles. The number of aromatic nitrogens is 12. The van der Waals surface area contributed by atoms with E-state index in [0.29, 0.717) is 51.4 Å². The van der Waals surface area contributed by atoms with Gasteiger partial charge in [0, 0.05) is 91.0 Å². The highest BCUT2D eigenvalue weighted by Gasteiger charge is 2.59. The molecule has 39 heteroatoms. The van der Waals surface area contributed by atoms with Crippen LogP contribution in [0.1, 0.15) is 192 Å². The molecule has 113 heavy (non-hydrogen) atoms. The summed E-state index contributed by atoms with van der Waals surface area (Å²) < 4.78 is 133. The number of nitrogens with one attached hydrogen (secondary N) is 3. The van der Waals surface area contributed by atoms with Crippen LogP contribution in [0.3, 0.4) is 0 Å². The number of hydrogen-bond donors (Lipinski definition) is 8. The molecule has 0 radical (unpaired) electrons. The first-order valence-electron chi connectivity index (χ1n) is 38.0. The first-order valence-corrected chi connectivity index (χ1v) is 38.0. The van der Waals surface area contributed by atoms with Crippen LogP contribution in [0.4, 0.5) is 38.0 Å². The van der Waals surface area contributed by atoms with Crippen molar-refractivity contribution in [1.82, 2.24) is 57.3 Å². The quantitative estimate of drug-likeness (QED) is 0.0535. The zero-order valence-electron chi connectivity index (χ0n) is 65.6. The highest BCUT2D eigenvalue weighted by Crippen LogP contribution is 2.51. The second-order valence-electron chi connectivity index (χ2n) is 29.4. The first-order chi connectivity index (χ1) is 53.3. The van der Waals surface area contributed by atoms with Gasteiger partial charge in [0.2, 0.25) is 0 Å². The number of anilines is 2. The summed E-state index contributed by atoms with van der Waals surface area (Å²) in [7, 11) is 0.